The van der Waals surface area contributed by atoms with Crippen LogP contribution in [-0.2, 0) is 0 Å². The number of halogens is 4. The SMILES string of the molecule is FC(F)Oc1ccc(-c2ccc(Cl)c(Cl)c2)cc1. The Hall–Kier alpha value is -1.32. The molecule has 0 spiro atoms. The third-order valence-electron chi connectivity index (χ3n) is 2.33. The van der Waals surface area contributed by atoms with Gasteiger partial charge in [-0.2, -0.15) is 8.78 Å². The van der Waals surface area contributed by atoms with Crippen LogP contribution in [0.15, 0.2) is 42.5 Å². The van der Waals surface area contributed by atoms with Gasteiger partial charge in [0.25, 0.3) is 0 Å². The van der Waals surface area contributed by atoms with Gasteiger partial charge in [-0.3, -0.25) is 0 Å². The summed E-state index contributed by atoms with van der Waals surface area (Å²) in [7, 11) is 0. The molecule has 0 amide bonds. The van der Waals surface area contributed by atoms with Gasteiger partial charge < -0.3 is 4.74 Å². The van der Waals surface area contributed by atoms with E-state index in [1.165, 1.54) is 12.1 Å². The summed E-state index contributed by atoms with van der Waals surface area (Å²) in [6, 6.07) is 11.5. The lowest BCUT2D eigenvalue weighted by Gasteiger charge is -2.06. The largest absolute Gasteiger partial charge is 0.435 e. The molecule has 0 fully saturated rings. The molecule has 0 saturated heterocycles. The van der Waals surface area contributed by atoms with Crippen LogP contribution in [-0.4, -0.2) is 6.61 Å². The van der Waals surface area contributed by atoms with Crippen molar-refractivity contribution in [1.82, 2.24) is 0 Å². The minimum atomic E-state index is -2.82. The zero-order valence-electron chi connectivity index (χ0n) is 9.04. The summed E-state index contributed by atoms with van der Waals surface area (Å²) >= 11 is 11.7. The zero-order valence-corrected chi connectivity index (χ0v) is 10.6. The van der Waals surface area contributed by atoms with Crippen LogP contribution in [0.1, 0.15) is 0 Å². The number of hydrogen-bond acceptors (Lipinski definition) is 1. The normalized spacial score (nSPS) is 10.7. The lowest BCUT2D eigenvalue weighted by atomic mass is 10.1. The summed E-state index contributed by atoms with van der Waals surface area (Å²) in [5, 5.41) is 0.917. The smallest absolute Gasteiger partial charge is 0.387 e. The highest BCUT2D eigenvalue weighted by atomic mass is 35.5. The van der Waals surface area contributed by atoms with Crippen molar-refractivity contribution in [2.24, 2.45) is 0 Å². The lowest BCUT2D eigenvalue weighted by Crippen LogP contribution is -2.01. The third kappa shape index (κ3) is 3.12. The van der Waals surface area contributed by atoms with E-state index in [1.807, 2.05) is 0 Å². The van der Waals surface area contributed by atoms with Crippen LogP contribution in [0.25, 0.3) is 11.1 Å². The van der Waals surface area contributed by atoms with E-state index >= 15 is 0 Å². The Morgan fingerprint density at radius 2 is 1.44 bits per heavy atom. The van der Waals surface area contributed by atoms with Crippen LogP contribution in [0.2, 0.25) is 10.0 Å². The fraction of sp³-hybridized carbons (Fsp3) is 0.0769. The number of rotatable bonds is 3. The molecular weight excluding hydrogens is 281 g/mol. The van der Waals surface area contributed by atoms with Gasteiger partial charge >= 0.3 is 6.61 Å². The van der Waals surface area contributed by atoms with Crippen molar-refractivity contribution in [3.63, 3.8) is 0 Å². The van der Waals surface area contributed by atoms with E-state index in [0.29, 0.717) is 10.0 Å². The molecular formula is C13H8Cl2F2O. The second kappa shape index (κ2) is 5.55. The maximum Gasteiger partial charge on any atom is 0.387 e. The first-order chi connectivity index (χ1) is 8.56. The van der Waals surface area contributed by atoms with Crippen molar-refractivity contribution >= 4 is 23.2 Å². The van der Waals surface area contributed by atoms with Crippen LogP contribution >= 0.6 is 23.2 Å². The van der Waals surface area contributed by atoms with Gasteiger partial charge in [-0.15, -0.1) is 0 Å². The van der Waals surface area contributed by atoms with Gasteiger partial charge in [-0.05, 0) is 35.4 Å². The number of hydrogen-bond donors (Lipinski definition) is 0. The molecule has 0 atom stereocenters. The molecule has 0 aliphatic rings. The summed E-state index contributed by atoms with van der Waals surface area (Å²) in [6.45, 7) is -2.82. The van der Waals surface area contributed by atoms with Gasteiger partial charge in [0.1, 0.15) is 5.75 Å². The average Bonchev–Trinajstić information content (AvgIpc) is 2.33. The third-order valence-corrected chi connectivity index (χ3v) is 3.07. The van der Waals surface area contributed by atoms with E-state index in [2.05, 4.69) is 4.74 Å². The molecule has 1 nitrogen and oxygen atoms in total. The van der Waals surface area contributed by atoms with Gasteiger partial charge in [0.05, 0.1) is 10.0 Å². The van der Waals surface area contributed by atoms with Crippen LogP contribution in [0.4, 0.5) is 8.78 Å². The second-order valence-corrected chi connectivity index (χ2v) is 4.35. The van der Waals surface area contributed by atoms with Gasteiger partial charge in [-0.25, -0.2) is 0 Å². The summed E-state index contributed by atoms with van der Waals surface area (Å²) < 4.78 is 28.2. The number of benzene rings is 2. The highest BCUT2D eigenvalue weighted by Crippen LogP contribution is 2.29. The molecule has 0 unspecified atom stereocenters. The molecule has 0 aromatic heterocycles. The Labute approximate surface area is 113 Å². The van der Waals surface area contributed by atoms with Crippen LogP contribution in [0, 0.1) is 0 Å². The summed E-state index contributed by atoms with van der Waals surface area (Å²) in [5.74, 6) is 0.119. The van der Waals surface area contributed by atoms with Gasteiger partial charge in [-0.1, -0.05) is 41.4 Å². The molecule has 2 aromatic rings. The molecule has 0 heterocycles. The van der Waals surface area contributed by atoms with Crippen molar-refractivity contribution in [1.29, 1.82) is 0 Å². The van der Waals surface area contributed by atoms with E-state index < -0.39 is 6.61 Å². The Morgan fingerprint density at radius 3 is 2.00 bits per heavy atom. The maximum atomic E-state index is 12.0. The molecule has 18 heavy (non-hydrogen) atoms. The topological polar surface area (TPSA) is 9.23 Å². The van der Waals surface area contributed by atoms with Crippen LogP contribution in [0.3, 0.4) is 0 Å². The first-order valence-corrected chi connectivity index (χ1v) is 5.82. The molecule has 2 aromatic carbocycles. The number of alkyl halides is 2. The minimum Gasteiger partial charge on any atom is -0.435 e. The highest BCUT2D eigenvalue weighted by Gasteiger charge is 2.05. The second-order valence-electron chi connectivity index (χ2n) is 3.53. The van der Waals surface area contributed by atoms with E-state index in [1.54, 1.807) is 30.3 Å². The fourth-order valence-electron chi connectivity index (χ4n) is 1.50. The maximum absolute atomic E-state index is 12.0. The molecule has 0 aliphatic heterocycles. The minimum absolute atomic E-state index is 0.119. The average molecular weight is 289 g/mol. The van der Waals surface area contributed by atoms with Crippen LogP contribution < -0.4 is 4.74 Å². The molecule has 0 aliphatic carbocycles. The molecule has 0 N–H and O–H groups in total. The number of ether oxygens (including phenoxy) is 1. The Kier molecular flexibility index (Phi) is 4.04. The molecule has 94 valence electrons. The summed E-state index contributed by atoms with van der Waals surface area (Å²) in [4.78, 5) is 0. The van der Waals surface area contributed by atoms with Gasteiger partial charge in [0.15, 0.2) is 0 Å². The Morgan fingerprint density at radius 1 is 0.833 bits per heavy atom. The Bertz CT molecular complexity index is 541. The predicted molar refractivity (Wildman–Crippen MR) is 68.5 cm³/mol. The molecule has 5 heteroatoms. The summed E-state index contributed by atoms with van der Waals surface area (Å²) in [5.41, 5.74) is 1.70. The first-order valence-electron chi connectivity index (χ1n) is 5.06. The van der Waals surface area contributed by atoms with Crippen LogP contribution in [0.5, 0.6) is 5.75 Å². The van der Waals surface area contributed by atoms with Gasteiger partial charge in [0, 0.05) is 0 Å². The van der Waals surface area contributed by atoms with E-state index in [4.69, 9.17) is 23.2 Å². The Balaban J connectivity index is 2.25. The van der Waals surface area contributed by atoms with Crippen molar-refractivity contribution in [2.75, 3.05) is 0 Å². The van der Waals surface area contributed by atoms with Crippen molar-refractivity contribution in [2.45, 2.75) is 6.61 Å². The molecule has 0 saturated carbocycles. The standard InChI is InChI=1S/C13H8Cl2F2O/c14-11-6-3-9(7-12(11)15)8-1-4-10(5-2-8)18-13(16)17/h1-7,13H. The summed E-state index contributed by atoms with van der Waals surface area (Å²) in [6.07, 6.45) is 0. The monoisotopic (exact) mass is 288 g/mol. The molecule has 0 radical (unpaired) electrons. The van der Waals surface area contributed by atoms with Crippen molar-refractivity contribution in [3.8, 4) is 16.9 Å². The van der Waals surface area contributed by atoms with E-state index in [0.717, 1.165) is 11.1 Å². The molecule has 2 rings (SSSR count). The molecule has 0 bridgehead atoms. The van der Waals surface area contributed by atoms with E-state index in [-0.39, 0.29) is 5.75 Å². The predicted octanol–water partition coefficient (Wildman–Crippen LogP) is 5.26. The lowest BCUT2D eigenvalue weighted by molar-refractivity contribution is -0.0498. The van der Waals surface area contributed by atoms with E-state index in [9.17, 15) is 8.78 Å². The fourth-order valence-corrected chi connectivity index (χ4v) is 1.80. The highest BCUT2D eigenvalue weighted by molar-refractivity contribution is 6.42. The van der Waals surface area contributed by atoms with Crippen molar-refractivity contribution in [3.05, 3.63) is 52.5 Å². The quantitative estimate of drug-likeness (QED) is 0.748. The first kappa shape index (κ1) is 13.1. The van der Waals surface area contributed by atoms with Gasteiger partial charge in [0.2, 0.25) is 0 Å². The van der Waals surface area contributed by atoms with Crippen molar-refractivity contribution < 1.29 is 13.5 Å². The zero-order chi connectivity index (χ0) is 13.1.